The van der Waals surface area contributed by atoms with E-state index in [0.717, 1.165) is 5.02 Å². The van der Waals surface area contributed by atoms with Crippen molar-refractivity contribution < 1.29 is 0 Å². The van der Waals surface area contributed by atoms with Crippen LogP contribution in [-0.2, 0) is 6.42 Å². The molecule has 1 aromatic rings. The molecule has 0 unspecified atom stereocenters. The van der Waals surface area contributed by atoms with Gasteiger partial charge < -0.3 is 12.9 Å². The van der Waals surface area contributed by atoms with Crippen LogP contribution in [0.1, 0.15) is 5.56 Å². The largest absolute Gasteiger partial charge is 0.468 e. The van der Waals surface area contributed by atoms with Crippen molar-refractivity contribution in [2.24, 2.45) is 0 Å². The maximum Gasteiger partial charge on any atom is 0.468 e. The van der Waals surface area contributed by atoms with Crippen LogP contribution in [0, 0.1) is 0 Å². The van der Waals surface area contributed by atoms with Gasteiger partial charge in [0.15, 0.2) is 0 Å². The lowest BCUT2D eigenvalue weighted by Crippen LogP contribution is -1.85. The van der Waals surface area contributed by atoms with Crippen LogP contribution in [0.25, 0.3) is 0 Å². The third kappa shape index (κ3) is 3.79. The van der Waals surface area contributed by atoms with E-state index in [9.17, 15) is 0 Å². The highest BCUT2D eigenvalue weighted by atomic mass is 79.9. The van der Waals surface area contributed by atoms with Crippen LogP contribution in [-0.4, -0.2) is 18.2 Å². The van der Waals surface area contributed by atoms with Crippen LogP contribution in [0.2, 0.25) is 9.57 Å². The number of hydrogen-bond acceptors (Lipinski definition) is 0. The van der Waals surface area contributed by atoms with E-state index in [0.29, 0.717) is 0 Å². The van der Waals surface area contributed by atoms with Crippen LogP contribution in [0.5, 0.6) is 0 Å². The van der Waals surface area contributed by atoms with Gasteiger partial charge in [0.2, 0.25) is 0 Å². The van der Waals surface area contributed by atoms with Crippen molar-refractivity contribution >= 4 is 42.7 Å². The highest BCUT2D eigenvalue weighted by molar-refractivity contribution is 9.23. The standard InChI is InChI=1S/C8H8Cl.BrH.Mg/c1-2-7-3-5-8(9)6-4-7;;/h3-6H,1-2H2;1H;/q;;+1/p-1. The average Bonchev–Trinajstić information content (AvgIpc) is 2.04. The first-order valence-corrected chi connectivity index (χ1v) is 8.91. The van der Waals surface area contributed by atoms with Gasteiger partial charge in [0.25, 0.3) is 0 Å². The third-order valence-corrected chi connectivity index (χ3v) is 4.07. The minimum Gasteiger partial charge on any atom is -0.307 e. The molecule has 0 N–H and O–H groups in total. The van der Waals surface area contributed by atoms with Crippen molar-refractivity contribution in [1.29, 1.82) is 0 Å². The molecule has 11 heavy (non-hydrogen) atoms. The Morgan fingerprint density at radius 2 is 1.91 bits per heavy atom. The Bertz CT molecular complexity index is 210. The molecule has 0 aliphatic heterocycles. The maximum atomic E-state index is 5.75. The molecule has 0 atom stereocenters. The summed E-state index contributed by atoms with van der Waals surface area (Å²) >= 11 is 9.32. The molecule has 0 aliphatic rings. The molecule has 0 radical (unpaired) electrons. The second kappa shape index (κ2) is 5.41. The van der Waals surface area contributed by atoms with Gasteiger partial charge in [0.05, 0.1) is 0 Å². The second-order valence-corrected chi connectivity index (χ2v) is 6.32. The molecule has 0 amide bonds. The smallest absolute Gasteiger partial charge is 0.307 e. The predicted molar refractivity (Wildman–Crippen MR) is 54.6 cm³/mol. The fourth-order valence-electron chi connectivity index (χ4n) is 0.922. The molecular formula is C8H8BrClMg. The van der Waals surface area contributed by atoms with Crippen molar-refractivity contribution in [1.82, 2.24) is 0 Å². The summed E-state index contributed by atoms with van der Waals surface area (Å²) in [5.74, 6) is 0. The molecule has 56 valence electrons. The molecular weight excluding hydrogens is 236 g/mol. The lowest BCUT2D eigenvalue weighted by Gasteiger charge is -1.97. The Labute approximate surface area is 87.9 Å². The number of rotatable bonds is 3. The van der Waals surface area contributed by atoms with Gasteiger partial charge in [-0.3, -0.25) is 0 Å². The molecule has 1 aromatic carbocycles. The van der Waals surface area contributed by atoms with Gasteiger partial charge in [-0.05, 0) is 18.6 Å². The van der Waals surface area contributed by atoms with E-state index < -0.39 is 0 Å². The second-order valence-electron chi connectivity index (χ2n) is 2.42. The summed E-state index contributed by atoms with van der Waals surface area (Å²) in [4.78, 5) is 0. The summed E-state index contributed by atoms with van der Waals surface area (Å²) in [5.41, 5.74) is 1.39. The zero-order chi connectivity index (χ0) is 8.10. The lowest BCUT2D eigenvalue weighted by molar-refractivity contribution is 1.13. The zero-order valence-electron chi connectivity index (χ0n) is 6.19. The van der Waals surface area contributed by atoms with Gasteiger partial charge in [0.1, 0.15) is 0 Å². The quantitative estimate of drug-likeness (QED) is 0.715. The van der Waals surface area contributed by atoms with Crippen molar-refractivity contribution in [3.63, 3.8) is 0 Å². The van der Waals surface area contributed by atoms with Crippen LogP contribution in [0.3, 0.4) is 0 Å². The molecule has 1 rings (SSSR count). The Balaban J connectivity index is 2.52. The van der Waals surface area contributed by atoms with Gasteiger partial charge in [-0.15, -0.1) is 4.55 Å². The number of benzene rings is 1. The van der Waals surface area contributed by atoms with Crippen molar-refractivity contribution in [2.45, 2.75) is 11.0 Å². The maximum absolute atomic E-state index is 5.75. The zero-order valence-corrected chi connectivity index (χ0v) is 9.94. The summed E-state index contributed by atoms with van der Waals surface area (Å²) in [6, 6.07) is 8.10. The monoisotopic (exact) mass is 242 g/mol. The molecule has 0 saturated carbocycles. The normalized spacial score (nSPS) is 9.27. The molecule has 0 spiro atoms. The lowest BCUT2D eigenvalue weighted by atomic mass is 10.2. The summed E-state index contributed by atoms with van der Waals surface area (Å²) in [7, 11) is 0. The molecule has 0 heterocycles. The third-order valence-electron chi connectivity index (χ3n) is 1.51. The van der Waals surface area contributed by atoms with E-state index >= 15 is 0 Å². The summed E-state index contributed by atoms with van der Waals surface area (Å²) in [6.45, 7) is 0. The summed E-state index contributed by atoms with van der Waals surface area (Å²) in [6.07, 6.45) is 1.19. The van der Waals surface area contributed by atoms with E-state index in [-0.39, 0.29) is 18.2 Å². The highest BCUT2D eigenvalue weighted by Gasteiger charge is 1.93. The number of aryl methyl sites for hydroxylation is 1. The number of hydrogen-bond donors (Lipinski definition) is 0. The molecule has 0 aliphatic carbocycles. The summed E-state index contributed by atoms with van der Waals surface area (Å²) in [5, 5.41) is 0.824. The van der Waals surface area contributed by atoms with Gasteiger partial charge in [0, 0.05) is 5.02 Å². The summed E-state index contributed by atoms with van der Waals surface area (Å²) < 4.78 is 1.32. The van der Waals surface area contributed by atoms with E-state index in [2.05, 4.69) is 25.0 Å². The Hall–Kier alpha value is 0.756. The first kappa shape index (κ1) is 9.84. The van der Waals surface area contributed by atoms with Crippen LogP contribution >= 0.6 is 24.5 Å². The van der Waals surface area contributed by atoms with Gasteiger partial charge in [-0.1, -0.05) is 29.3 Å². The minimum atomic E-state index is 0.0400. The van der Waals surface area contributed by atoms with Gasteiger partial charge in [-0.25, -0.2) is 0 Å². The van der Waals surface area contributed by atoms with Crippen LogP contribution in [0.4, 0.5) is 0 Å². The van der Waals surface area contributed by atoms with Crippen LogP contribution < -0.4 is 0 Å². The first-order valence-electron chi connectivity index (χ1n) is 3.63. The van der Waals surface area contributed by atoms with Crippen molar-refractivity contribution in [3.8, 4) is 0 Å². The van der Waals surface area contributed by atoms with Crippen molar-refractivity contribution in [3.05, 3.63) is 34.9 Å². The predicted octanol–water partition coefficient (Wildman–Crippen LogP) is 3.31. The Morgan fingerprint density at radius 3 is 2.45 bits per heavy atom. The molecule has 0 aromatic heterocycles. The fourth-order valence-corrected chi connectivity index (χ4v) is 2.43. The first-order chi connectivity index (χ1) is 5.33. The molecule has 0 nitrogen and oxygen atoms in total. The Morgan fingerprint density at radius 1 is 1.27 bits per heavy atom. The van der Waals surface area contributed by atoms with Gasteiger partial charge in [-0.2, -0.15) is 0 Å². The van der Waals surface area contributed by atoms with E-state index in [1.807, 2.05) is 12.1 Å². The SMILES string of the molecule is Clc1ccc(C[CH2][Mg][Br])cc1. The van der Waals surface area contributed by atoms with E-state index in [4.69, 9.17) is 11.6 Å². The highest BCUT2D eigenvalue weighted by Crippen LogP contribution is 2.11. The fraction of sp³-hybridized carbons (Fsp3) is 0.250. The topological polar surface area (TPSA) is 0 Å². The molecule has 0 saturated heterocycles. The number of halogens is 2. The van der Waals surface area contributed by atoms with E-state index in [1.165, 1.54) is 16.5 Å². The molecule has 3 heteroatoms. The Kier molecular flexibility index (Phi) is 4.84. The van der Waals surface area contributed by atoms with Gasteiger partial charge >= 0.3 is 18.2 Å². The molecule has 0 bridgehead atoms. The molecule has 0 fully saturated rings. The van der Waals surface area contributed by atoms with E-state index in [1.54, 1.807) is 0 Å². The van der Waals surface area contributed by atoms with Crippen LogP contribution in [0.15, 0.2) is 24.3 Å². The van der Waals surface area contributed by atoms with Crippen molar-refractivity contribution in [2.75, 3.05) is 0 Å². The average molecular weight is 244 g/mol. The minimum absolute atomic E-state index is 0.0400.